The molecule has 22 heavy (non-hydrogen) atoms. The highest BCUT2D eigenvalue weighted by Gasteiger charge is 2.11. The van der Waals surface area contributed by atoms with E-state index in [1.807, 2.05) is 30.3 Å². The molecular weight excluding hydrogens is 298 g/mol. The maximum atomic E-state index is 12.1. The Kier molecular flexibility index (Phi) is 3.60. The summed E-state index contributed by atoms with van der Waals surface area (Å²) in [5, 5.41) is 12.1. The standard InChI is InChI=1S/C16H13N3O2S/c1-2-7-19-15(21)12(14(20)18-16(19)22)9-11-8-10-5-3-4-6-13(10)17-11/h2-6,8-9,21H,1,7H2,(H,18,20,22)/b11-9+. The Balaban J connectivity index is 2.19. The minimum absolute atomic E-state index is 0.123. The van der Waals surface area contributed by atoms with Crippen LogP contribution in [0.2, 0.25) is 0 Å². The van der Waals surface area contributed by atoms with Gasteiger partial charge in [0, 0.05) is 11.8 Å². The molecule has 1 aromatic heterocycles. The van der Waals surface area contributed by atoms with Gasteiger partial charge in [-0.3, -0.25) is 14.3 Å². The Morgan fingerprint density at radius 2 is 2.18 bits per heavy atom. The first-order chi connectivity index (χ1) is 10.6. The predicted molar refractivity (Wildman–Crippen MR) is 87.4 cm³/mol. The Morgan fingerprint density at radius 1 is 1.41 bits per heavy atom. The Morgan fingerprint density at radius 3 is 2.91 bits per heavy atom. The van der Waals surface area contributed by atoms with Gasteiger partial charge in [0.2, 0.25) is 5.88 Å². The summed E-state index contributed by atoms with van der Waals surface area (Å²) >= 11 is 5.04. The normalized spacial score (nSPS) is 14.3. The highest BCUT2D eigenvalue weighted by Crippen LogP contribution is 2.17. The van der Waals surface area contributed by atoms with Gasteiger partial charge in [-0.05, 0) is 30.4 Å². The van der Waals surface area contributed by atoms with Crippen LogP contribution in [0.1, 0.15) is 5.56 Å². The van der Waals surface area contributed by atoms with Gasteiger partial charge in [0.25, 0.3) is 5.56 Å². The van der Waals surface area contributed by atoms with Crippen LogP contribution in [-0.4, -0.2) is 14.7 Å². The maximum absolute atomic E-state index is 12.1. The van der Waals surface area contributed by atoms with Gasteiger partial charge < -0.3 is 5.11 Å². The maximum Gasteiger partial charge on any atom is 0.262 e. The number of nitrogens with one attached hydrogen (secondary N) is 1. The number of benzene rings is 1. The lowest BCUT2D eigenvalue weighted by Crippen LogP contribution is -2.19. The topological polar surface area (TPSA) is 70.4 Å². The Labute approximate surface area is 130 Å². The van der Waals surface area contributed by atoms with Crippen molar-refractivity contribution in [3.05, 3.63) is 73.9 Å². The average Bonchev–Trinajstić information content (AvgIpc) is 2.90. The monoisotopic (exact) mass is 311 g/mol. The number of aromatic amines is 1. The molecule has 0 spiro atoms. The van der Waals surface area contributed by atoms with Crippen molar-refractivity contribution in [2.75, 3.05) is 0 Å². The molecule has 0 atom stereocenters. The van der Waals surface area contributed by atoms with Crippen LogP contribution in [0.5, 0.6) is 5.88 Å². The molecule has 6 heteroatoms. The largest absolute Gasteiger partial charge is 0.494 e. The van der Waals surface area contributed by atoms with Gasteiger partial charge in [0.05, 0.1) is 11.1 Å². The minimum Gasteiger partial charge on any atom is -0.494 e. The van der Waals surface area contributed by atoms with Gasteiger partial charge in [-0.1, -0.05) is 24.3 Å². The third kappa shape index (κ3) is 2.44. The fourth-order valence-electron chi connectivity index (χ4n) is 2.27. The van der Waals surface area contributed by atoms with Gasteiger partial charge in [-0.25, -0.2) is 4.99 Å². The molecule has 0 amide bonds. The molecule has 5 nitrogen and oxygen atoms in total. The quantitative estimate of drug-likeness (QED) is 0.662. The second-order valence-electron chi connectivity index (χ2n) is 4.78. The molecule has 0 saturated heterocycles. The molecule has 1 aliphatic heterocycles. The summed E-state index contributed by atoms with van der Waals surface area (Å²) in [4.78, 5) is 19.0. The summed E-state index contributed by atoms with van der Waals surface area (Å²) in [6, 6.07) is 7.64. The van der Waals surface area contributed by atoms with Gasteiger partial charge in [-0.15, -0.1) is 6.58 Å². The van der Waals surface area contributed by atoms with Crippen molar-refractivity contribution in [1.82, 2.24) is 9.55 Å². The highest BCUT2D eigenvalue weighted by molar-refractivity contribution is 7.71. The van der Waals surface area contributed by atoms with E-state index in [1.54, 1.807) is 12.2 Å². The van der Waals surface area contributed by atoms with E-state index in [4.69, 9.17) is 12.2 Å². The van der Waals surface area contributed by atoms with Gasteiger partial charge in [0.1, 0.15) is 5.56 Å². The van der Waals surface area contributed by atoms with Crippen molar-refractivity contribution in [2.24, 2.45) is 4.99 Å². The molecule has 2 aromatic rings. The van der Waals surface area contributed by atoms with Gasteiger partial charge >= 0.3 is 0 Å². The third-order valence-corrected chi connectivity index (χ3v) is 3.62. The summed E-state index contributed by atoms with van der Waals surface area (Å²) in [6.07, 6.45) is 4.99. The van der Waals surface area contributed by atoms with Gasteiger partial charge in [0.15, 0.2) is 4.77 Å². The van der Waals surface area contributed by atoms with E-state index in [-0.39, 0.29) is 16.2 Å². The fraction of sp³-hybridized carbons (Fsp3) is 0.0625. The number of allylic oxidation sites excluding steroid dienone is 2. The number of para-hydroxylation sites is 1. The molecule has 0 saturated carbocycles. The molecule has 0 aliphatic carbocycles. The van der Waals surface area contributed by atoms with Gasteiger partial charge in [-0.2, -0.15) is 0 Å². The van der Waals surface area contributed by atoms with E-state index in [9.17, 15) is 9.90 Å². The van der Waals surface area contributed by atoms with Crippen molar-refractivity contribution < 1.29 is 5.11 Å². The second kappa shape index (κ2) is 5.57. The number of hydrogen-bond acceptors (Lipinski definition) is 4. The average molecular weight is 311 g/mol. The predicted octanol–water partition coefficient (Wildman–Crippen LogP) is 1.25. The van der Waals surface area contributed by atoms with Crippen LogP contribution < -0.4 is 16.1 Å². The number of aromatic nitrogens is 2. The van der Waals surface area contributed by atoms with Crippen LogP contribution in [-0.2, 0) is 6.54 Å². The lowest BCUT2D eigenvalue weighted by Gasteiger charge is -2.08. The van der Waals surface area contributed by atoms with Crippen LogP contribution in [0.4, 0.5) is 0 Å². The molecule has 3 rings (SSSR count). The first kappa shape index (κ1) is 14.2. The van der Waals surface area contributed by atoms with Crippen molar-refractivity contribution >= 4 is 24.4 Å². The van der Waals surface area contributed by atoms with Crippen molar-refractivity contribution in [2.45, 2.75) is 6.54 Å². The van der Waals surface area contributed by atoms with E-state index in [0.29, 0.717) is 12.2 Å². The molecule has 0 bridgehead atoms. The summed E-state index contributed by atoms with van der Waals surface area (Å²) in [5.74, 6) is -0.194. The molecule has 1 aromatic carbocycles. The minimum atomic E-state index is -0.449. The van der Waals surface area contributed by atoms with E-state index < -0.39 is 5.56 Å². The number of H-pyrrole nitrogens is 1. The van der Waals surface area contributed by atoms with Crippen LogP contribution >= 0.6 is 12.2 Å². The van der Waals surface area contributed by atoms with Crippen LogP contribution in [0.15, 0.2) is 52.4 Å². The van der Waals surface area contributed by atoms with E-state index >= 15 is 0 Å². The number of nitrogens with zero attached hydrogens (tertiary/aromatic N) is 2. The van der Waals surface area contributed by atoms with E-state index in [1.165, 1.54) is 4.57 Å². The molecule has 1 aliphatic rings. The molecule has 0 unspecified atom stereocenters. The fourth-order valence-corrected chi connectivity index (χ4v) is 2.52. The van der Waals surface area contributed by atoms with Crippen LogP contribution in [0, 0.1) is 4.77 Å². The van der Waals surface area contributed by atoms with Crippen molar-refractivity contribution in [3.8, 4) is 5.88 Å². The number of aromatic hydroxyl groups is 1. The zero-order valence-electron chi connectivity index (χ0n) is 11.6. The molecular formula is C16H13N3O2S. The number of rotatable bonds is 3. The van der Waals surface area contributed by atoms with Crippen LogP contribution in [0.25, 0.3) is 12.2 Å². The van der Waals surface area contributed by atoms with Crippen molar-refractivity contribution in [3.63, 3.8) is 0 Å². The first-order valence-electron chi connectivity index (χ1n) is 6.64. The zero-order chi connectivity index (χ0) is 15.7. The molecule has 0 radical (unpaired) electrons. The van der Waals surface area contributed by atoms with Crippen molar-refractivity contribution in [1.29, 1.82) is 0 Å². The van der Waals surface area contributed by atoms with E-state index in [2.05, 4.69) is 16.6 Å². The molecule has 110 valence electrons. The number of hydrogen-bond donors (Lipinski definition) is 2. The summed E-state index contributed by atoms with van der Waals surface area (Å²) in [5.41, 5.74) is 0.275. The zero-order valence-corrected chi connectivity index (χ0v) is 12.4. The van der Waals surface area contributed by atoms with E-state index in [0.717, 1.165) is 10.6 Å². The summed E-state index contributed by atoms with van der Waals surface area (Å²) in [6.45, 7) is 3.91. The lowest BCUT2D eigenvalue weighted by molar-refractivity contribution is 0.412. The highest BCUT2D eigenvalue weighted by atomic mass is 32.1. The molecule has 0 fully saturated rings. The number of fused-ring (bicyclic) bond motifs is 1. The third-order valence-electron chi connectivity index (χ3n) is 3.30. The smallest absolute Gasteiger partial charge is 0.262 e. The first-order valence-corrected chi connectivity index (χ1v) is 7.05. The van der Waals surface area contributed by atoms with Crippen LogP contribution in [0.3, 0.4) is 0 Å². The summed E-state index contributed by atoms with van der Waals surface area (Å²) in [7, 11) is 0. The molecule has 2 heterocycles. The summed E-state index contributed by atoms with van der Waals surface area (Å²) < 4.78 is 1.55. The lowest BCUT2D eigenvalue weighted by atomic mass is 10.2. The Hall–Kier alpha value is -2.73. The SMILES string of the molecule is C=CCn1c(O)c(/C=C2\C=c3ccccc3=N2)c(=O)[nH]c1=S. The Bertz CT molecular complexity index is 992. The molecule has 2 N–H and O–H groups in total. The second-order valence-corrected chi connectivity index (χ2v) is 5.17.